The normalized spacial score (nSPS) is 12.0. The fraction of sp³-hybridized carbons (Fsp3) is 0.333. The summed E-state index contributed by atoms with van der Waals surface area (Å²) in [4.78, 5) is 23.2. The Bertz CT molecular complexity index is 661. The van der Waals surface area contributed by atoms with Crippen LogP contribution >= 0.6 is 0 Å². The van der Waals surface area contributed by atoms with E-state index in [9.17, 15) is 14.7 Å². The monoisotopic (exact) mass is 299 g/mol. The maximum Gasteiger partial charge on any atom is 0.326 e. The minimum Gasteiger partial charge on any atom is -0.480 e. The Balaban J connectivity index is 2.16. The highest BCUT2D eigenvalue weighted by Gasteiger charge is 2.20. The van der Waals surface area contributed by atoms with Crippen LogP contribution in [0.25, 0.3) is 10.8 Å². The first-order chi connectivity index (χ1) is 10.6. The highest BCUT2D eigenvalue weighted by Crippen LogP contribution is 2.20. The average molecular weight is 299 g/mol. The lowest BCUT2D eigenvalue weighted by Gasteiger charge is -2.16. The number of amides is 1. The molecule has 4 nitrogen and oxygen atoms in total. The third-order valence-electron chi connectivity index (χ3n) is 3.69. The van der Waals surface area contributed by atoms with E-state index in [-0.39, 0.29) is 12.3 Å². The minimum absolute atomic E-state index is 0.200. The van der Waals surface area contributed by atoms with Crippen molar-refractivity contribution in [3.8, 4) is 0 Å². The number of hydrogen-bond acceptors (Lipinski definition) is 2. The van der Waals surface area contributed by atoms with Gasteiger partial charge in [-0.2, -0.15) is 0 Å². The second-order valence-electron chi connectivity index (χ2n) is 5.40. The van der Waals surface area contributed by atoms with Gasteiger partial charge in [0.05, 0.1) is 0 Å². The quantitative estimate of drug-likeness (QED) is 0.825. The fourth-order valence-corrected chi connectivity index (χ4v) is 2.49. The molecule has 1 atom stereocenters. The summed E-state index contributed by atoms with van der Waals surface area (Å²) in [6, 6.07) is 12.8. The van der Waals surface area contributed by atoms with Crippen molar-refractivity contribution >= 4 is 22.6 Å². The first-order valence-electron chi connectivity index (χ1n) is 7.60. The van der Waals surface area contributed by atoms with Gasteiger partial charge in [-0.15, -0.1) is 0 Å². The van der Waals surface area contributed by atoms with Crippen LogP contribution in [0.2, 0.25) is 0 Å². The Kier molecular flexibility index (Phi) is 5.53. The van der Waals surface area contributed by atoms with Crippen LogP contribution in [0.3, 0.4) is 0 Å². The number of aliphatic carboxylic acids is 1. The molecular formula is C18H21NO3. The summed E-state index contributed by atoms with van der Waals surface area (Å²) in [5.41, 5.74) is 0.932. The standard InChI is InChI=1S/C18H21NO3/c1-2-3-11-17(20)19-16(18(21)22)12-14-9-6-8-13-7-4-5-10-15(13)14/h4-10,16H,2-3,11-12H2,1H3,(H,19,20)(H,21,22)/t16-/m0/s1. The second kappa shape index (κ2) is 7.59. The number of rotatable bonds is 7. The first-order valence-corrected chi connectivity index (χ1v) is 7.60. The maximum atomic E-state index is 11.8. The Labute approximate surface area is 130 Å². The molecule has 0 saturated carbocycles. The van der Waals surface area contributed by atoms with Gasteiger partial charge in [0.2, 0.25) is 5.91 Å². The molecule has 0 bridgehead atoms. The van der Waals surface area contributed by atoms with Gasteiger partial charge >= 0.3 is 5.97 Å². The zero-order valence-corrected chi connectivity index (χ0v) is 12.7. The topological polar surface area (TPSA) is 66.4 Å². The maximum absolute atomic E-state index is 11.8. The lowest BCUT2D eigenvalue weighted by molar-refractivity contribution is -0.141. The minimum atomic E-state index is -1.00. The molecule has 2 aromatic carbocycles. The third-order valence-corrected chi connectivity index (χ3v) is 3.69. The number of nitrogens with one attached hydrogen (secondary N) is 1. The van der Waals surface area contributed by atoms with E-state index in [0.717, 1.165) is 29.2 Å². The van der Waals surface area contributed by atoms with Crippen molar-refractivity contribution in [2.24, 2.45) is 0 Å². The number of unbranched alkanes of at least 4 members (excludes halogenated alkanes) is 1. The Morgan fingerprint density at radius 2 is 1.86 bits per heavy atom. The van der Waals surface area contributed by atoms with Crippen LogP contribution in [-0.4, -0.2) is 23.0 Å². The van der Waals surface area contributed by atoms with Gasteiger partial charge in [0.15, 0.2) is 0 Å². The van der Waals surface area contributed by atoms with E-state index in [4.69, 9.17) is 0 Å². The Morgan fingerprint density at radius 3 is 2.59 bits per heavy atom. The van der Waals surface area contributed by atoms with E-state index in [1.807, 2.05) is 49.4 Å². The van der Waals surface area contributed by atoms with E-state index in [0.29, 0.717) is 6.42 Å². The molecule has 0 radical (unpaired) electrons. The Morgan fingerprint density at radius 1 is 1.14 bits per heavy atom. The number of fused-ring (bicyclic) bond motifs is 1. The molecule has 1 amide bonds. The van der Waals surface area contributed by atoms with E-state index >= 15 is 0 Å². The molecule has 116 valence electrons. The Hall–Kier alpha value is -2.36. The second-order valence-corrected chi connectivity index (χ2v) is 5.40. The lowest BCUT2D eigenvalue weighted by Crippen LogP contribution is -2.42. The number of carbonyl (C=O) groups is 2. The third kappa shape index (κ3) is 4.07. The van der Waals surface area contributed by atoms with E-state index in [2.05, 4.69) is 5.32 Å². The molecule has 0 aliphatic heterocycles. The van der Waals surface area contributed by atoms with Crippen LogP contribution in [0.1, 0.15) is 31.7 Å². The highest BCUT2D eigenvalue weighted by molar-refractivity contribution is 5.88. The number of hydrogen-bond donors (Lipinski definition) is 2. The van der Waals surface area contributed by atoms with Crippen molar-refractivity contribution in [1.29, 1.82) is 0 Å². The molecule has 0 aliphatic carbocycles. The van der Waals surface area contributed by atoms with E-state index < -0.39 is 12.0 Å². The molecular weight excluding hydrogens is 278 g/mol. The van der Waals surface area contributed by atoms with Crippen molar-refractivity contribution in [3.05, 3.63) is 48.0 Å². The zero-order valence-electron chi connectivity index (χ0n) is 12.7. The summed E-state index contributed by atoms with van der Waals surface area (Å²) >= 11 is 0. The average Bonchev–Trinajstić information content (AvgIpc) is 2.52. The van der Waals surface area contributed by atoms with Gasteiger partial charge in [-0.1, -0.05) is 55.8 Å². The van der Waals surface area contributed by atoms with E-state index in [1.165, 1.54) is 0 Å². The number of carbonyl (C=O) groups excluding carboxylic acids is 1. The van der Waals surface area contributed by atoms with Crippen LogP contribution in [0, 0.1) is 0 Å². The van der Waals surface area contributed by atoms with Crippen molar-refractivity contribution in [3.63, 3.8) is 0 Å². The molecule has 0 aromatic heterocycles. The summed E-state index contributed by atoms with van der Waals surface area (Å²) in [6.07, 6.45) is 2.34. The molecule has 0 unspecified atom stereocenters. The highest BCUT2D eigenvalue weighted by atomic mass is 16.4. The molecule has 0 spiro atoms. The molecule has 2 N–H and O–H groups in total. The molecule has 22 heavy (non-hydrogen) atoms. The van der Waals surface area contributed by atoms with Crippen molar-refractivity contribution < 1.29 is 14.7 Å². The van der Waals surface area contributed by atoms with Gasteiger partial charge in [-0.05, 0) is 22.8 Å². The number of benzene rings is 2. The molecule has 4 heteroatoms. The zero-order chi connectivity index (χ0) is 15.9. The first kappa shape index (κ1) is 16.0. The number of carboxylic acid groups (broad SMARTS) is 1. The molecule has 0 heterocycles. The van der Waals surface area contributed by atoms with Gasteiger partial charge in [0.25, 0.3) is 0 Å². The summed E-state index contributed by atoms with van der Waals surface area (Å²) < 4.78 is 0. The van der Waals surface area contributed by atoms with Crippen molar-refractivity contribution in [1.82, 2.24) is 5.32 Å². The van der Waals surface area contributed by atoms with Crippen LogP contribution in [0.15, 0.2) is 42.5 Å². The molecule has 2 aromatic rings. The van der Waals surface area contributed by atoms with Crippen LogP contribution in [0.5, 0.6) is 0 Å². The van der Waals surface area contributed by atoms with Gasteiger partial charge in [-0.3, -0.25) is 4.79 Å². The van der Waals surface area contributed by atoms with Gasteiger partial charge in [0, 0.05) is 12.8 Å². The largest absolute Gasteiger partial charge is 0.480 e. The summed E-state index contributed by atoms with van der Waals surface area (Å²) in [5, 5.41) is 14.1. The smallest absolute Gasteiger partial charge is 0.326 e. The number of carboxylic acids is 1. The lowest BCUT2D eigenvalue weighted by atomic mass is 9.98. The molecule has 0 fully saturated rings. The predicted molar refractivity (Wildman–Crippen MR) is 86.7 cm³/mol. The summed E-state index contributed by atoms with van der Waals surface area (Å²) in [7, 11) is 0. The van der Waals surface area contributed by atoms with Crippen molar-refractivity contribution in [2.45, 2.75) is 38.6 Å². The van der Waals surface area contributed by atoms with E-state index in [1.54, 1.807) is 0 Å². The SMILES string of the molecule is CCCCC(=O)N[C@@H](Cc1cccc2ccccc12)C(=O)O. The van der Waals surface area contributed by atoms with Crippen molar-refractivity contribution in [2.75, 3.05) is 0 Å². The molecule has 2 rings (SSSR count). The predicted octanol–water partition coefficient (Wildman–Crippen LogP) is 3.14. The molecule has 0 aliphatic rings. The fourth-order valence-electron chi connectivity index (χ4n) is 2.49. The van der Waals surface area contributed by atoms with Crippen LogP contribution in [0.4, 0.5) is 0 Å². The van der Waals surface area contributed by atoms with Crippen LogP contribution in [-0.2, 0) is 16.0 Å². The molecule has 0 saturated heterocycles. The van der Waals surface area contributed by atoms with Gasteiger partial charge in [0.1, 0.15) is 6.04 Å². The summed E-state index contributed by atoms with van der Waals surface area (Å²) in [5.74, 6) is -1.20. The van der Waals surface area contributed by atoms with Crippen LogP contribution < -0.4 is 5.32 Å². The van der Waals surface area contributed by atoms with Gasteiger partial charge in [-0.25, -0.2) is 4.79 Å². The summed E-state index contributed by atoms with van der Waals surface area (Å²) in [6.45, 7) is 2.00. The van der Waals surface area contributed by atoms with Gasteiger partial charge < -0.3 is 10.4 Å².